The Labute approximate surface area is 162 Å². The number of carbonyl (C=O) groups excluding carboxylic acids is 1. The minimum absolute atomic E-state index is 0.0317. The zero-order valence-electron chi connectivity index (χ0n) is 16.0. The number of amides is 1. The number of benzene rings is 1. The van der Waals surface area contributed by atoms with Crippen molar-refractivity contribution in [3.05, 3.63) is 65.9 Å². The number of pyridine rings is 1. The molecule has 0 saturated carbocycles. The van der Waals surface area contributed by atoms with Gasteiger partial charge in [0.1, 0.15) is 12.3 Å². The van der Waals surface area contributed by atoms with E-state index in [1.165, 1.54) is 24.5 Å². The number of rotatable bonds is 7. The molecule has 3 rings (SSSR count). The van der Waals surface area contributed by atoms with Gasteiger partial charge >= 0.3 is 0 Å². The zero-order chi connectivity index (χ0) is 20.1. The van der Waals surface area contributed by atoms with E-state index in [-0.39, 0.29) is 29.8 Å². The predicted molar refractivity (Wildman–Crippen MR) is 102 cm³/mol. The van der Waals surface area contributed by atoms with Crippen LogP contribution in [0.25, 0.3) is 5.69 Å². The Morgan fingerprint density at radius 3 is 2.64 bits per heavy atom. The highest BCUT2D eigenvalue weighted by Crippen LogP contribution is 2.20. The van der Waals surface area contributed by atoms with E-state index in [1.54, 1.807) is 23.2 Å². The number of likely N-dealkylation sites (N-methyl/N-ethyl adjacent to an activating group) is 1. The van der Waals surface area contributed by atoms with Crippen LogP contribution in [0.3, 0.4) is 0 Å². The summed E-state index contributed by atoms with van der Waals surface area (Å²) in [6.45, 7) is 6.39. The third-order valence-electron chi connectivity index (χ3n) is 4.33. The Bertz CT molecular complexity index is 928. The lowest BCUT2D eigenvalue weighted by Crippen LogP contribution is -2.42. The molecule has 1 aromatic carbocycles. The van der Waals surface area contributed by atoms with Crippen molar-refractivity contribution in [3.63, 3.8) is 0 Å². The molecule has 0 unspecified atom stereocenters. The molecule has 28 heavy (non-hydrogen) atoms. The molecule has 1 amide bonds. The quantitative estimate of drug-likeness (QED) is 0.627. The molecule has 0 aliphatic heterocycles. The van der Waals surface area contributed by atoms with Gasteiger partial charge in [0.05, 0.1) is 24.0 Å². The lowest BCUT2D eigenvalue weighted by Gasteiger charge is -2.28. The van der Waals surface area contributed by atoms with E-state index in [0.717, 1.165) is 10.4 Å². The van der Waals surface area contributed by atoms with Crippen molar-refractivity contribution in [3.8, 4) is 11.6 Å². The van der Waals surface area contributed by atoms with E-state index < -0.39 is 5.82 Å². The molecule has 0 aliphatic rings. The van der Waals surface area contributed by atoms with Gasteiger partial charge in [0.25, 0.3) is 5.91 Å². The molecule has 0 aliphatic carbocycles. The summed E-state index contributed by atoms with van der Waals surface area (Å²) in [5.74, 6) is -0.388. The van der Waals surface area contributed by atoms with Gasteiger partial charge in [0.2, 0.25) is 5.88 Å². The van der Waals surface area contributed by atoms with Crippen molar-refractivity contribution in [2.45, 2.75) is 26.8 Å². The Hall–Kier alpha value is -3.29. The number of aryl methyl sites for hydroxylation is 1. The Morgan fingerprint density at radius 1 is 1.25 bits per heavy atom. The highest BCUT2D eigenvalue weighted by molar-refractivity contribution is 5.98. The molecule has 0 fully saturated rings. The Morgan fingerprint density at radius 2 is 2.00 bits per heavy atom. The summed E-state index contributed by atoms with van der Waals surface area (Å²) >= 11 is 0. The second-order valence-corrected chi connectivity index (χ2v) is 6.38. The molecule has 0 radical (unpaired) electrons. The van der Waals surface area contributed by atoms with Crippen molar-refractivity contribution in [1.29, 1.82) is 0 Å². The van der Waals surface area contributed by atoms with E-state index in [2.05, 4.69) is 15.2 Å². The maximum Gasteiger partial charge on any atom is 0.256 e. The van der Waals surface area contributed by atoms with Gasteiger partial charge in [-0.15, -0.1) is 4.80 Å². The number of halogens is 1. The molecule has 0 N–H and O–H groups in total. The molecule has 1 atom stereocenters. The van der Waals surface area contributed by atoms with Gasteiger partial charge in [-0.05, 0) is 38.5 Å². The normalized spacial score (nSPS) is 11.9. The van der Waals surface area contributed by atoms with E-state index in [1.807, 2.05) is 26.8 Å². The lowest BCUT2D eigenvalue weighted by molar-refractivity contribution is 0.0645. The van der Waals surface area contributed by atoms with Crippen LogP contribution in [0.15, 0.2) is 48.9 Å². The van der Waals surface area contributed by atoms with E-state index in [4.69, 9.17) is 4.74 Å². The third-order valence-corrected chi connectivity index (χ3v) is 4.33. The minimum Gasteiger partial charge on any atom is -0.475 e. The molecule has 146 valence electrons. The van der Waals surface area contributed by atoms with Gasteiger partial charge < -0.3 is 9.64 Å². The first-order valence-corrected chi connectivity index (χ1v) is 9.03. The molecule has 2 heterocycles. The Balaban J connectivity index is 1.80. The minimum atomic E-state index is -0.564. The van der Waals surface area contributed by atoms with Crippen LogP contribution in [-0.4, -0.2) is 50.0 Å². The number of aromatic nitrogens is 4. The second kappa shape index (κ2) is 8.60. The maximum atomic E-state index is 14.4. The van der Waals surface area contributed by atoms with Gasteiger partial charge in [0, 0.05) is 18.8 Å². The lowest BCUT2D eigenvalue weighted by atomic mass is 10.1. The monoisotopic (exact) mass is 383 g/mol. The van der Waals surface area contributed by atoms with Crippen LogP contribution < -0.4 is 4.74 Å². The molecule has 8 heteroatoms. The van der Waals surface area contributed by atoms with E-state index in [9.17, 15) is 9.18 Å². The fourth-order valence-corrected chi connectivity index (χ4v) is 2.87. The highest BCUT2D eigenvalue weighted by Gasteiger charge is 2.25. The first-order chi connectivity index (χ1) is 13.5. The number of hydrogen-bond acceptors (Lipinski definition) is 5. The molecular formula is C20H22FN5O2. The van der Waals surface area contributed by atoms with Crippen LogP contribution in [-0.2, 0) is 0 Å². The van der Waals surface area contributed by atoms with Crippen molar-refractivity contribution in [1.82, 2.24) is 24.9 Å². The van der Waals surface area contributed by atoms with Crippen molar-refractivity contribution in [2.24, 2.45) is 0 Å². The zero-order valence-corrected chi connectivity index (χ0v) is 16.0. The van der Waals surface area contributed by atoms with Crippen LogP contribution >= 0.6 is 0 Å². The second-order valence-electron chi connectivity index (χ2n) is 6.38. The summed E-state index contributed by atoms with van der Waals surface area (Å²) in [5.41, 5.74) is 1.26. The summed E-state index contributed by atoms with van der Waals surface area (Å²) in [7, 11) is 0. The van der Waals surface area contributed by atoms with E-state index in [0.29, 0.717) is 12.4 Å². The average Bonchev–Trinajstić information content (AvgIpc) is 3.22. The van der Waals surface area contributed by atoms with Gasteiger partial charge in [-0.2, -0.15) is 10.2 Å². The van der Waals surface area contributed by atoms with Crippen LogP contribution in [0.4, 0.5) is 4.39 Å². The van der Waals surface area contributed by atoms with Crippen molar-refractivity contribution in [2.75, 3.05) is 13.2 Å². The number of hydrogen-bond donors (Lipinski definition) is 0. The van der Waals surface area contributed by atoms with Crippen molar-refractivity contribution < 1.29 is 13.9 Å². The summed E-state index contributed by atoms with van der Waals surface area (Å²) in [6.07, 6.45) is 4.59. The predicted octanol–water partition coefficient (Wildman–Crippen LogP) is 3.04. The van der Waals surface area contributed by atoms with Crippen LogP contribution in [0.1, 0.15) is 29.8 Å². The number of ether oxygens (including phenoxy) is 1. The van der Waals surface area contributed by atoms with Gasteiger partial charge in [-0.3, -0.25) is 4.79 Å². The summed E-state index contributed by atoms with van der Waals surface area (Å²) in [6, 6.07) is 7.80. The standard InChI is InChI=1S/C20H22FN5O2/c1-4-25(15(3)13-28-18-9-8-14(2)12-22-18)20(27)16-6-5-7-17(21)19(16)26-23-10-11-24-26/h5-12,15H,4,13H2,1-3H3/t15-/m0/s1. The average molecular weight is 383 g/mol. The molecule has 2 aromatic heterocycles. The molecule has 0 spiro atoms. The first-order valence-electron chi connectivity index (χ1n) is 9.03. The molecule has 7 nitrogen and oxygen atoms in total. The van der Waals surface area contributed by atoms with E-state index >= 15 is 0 Å². The fourth-order valence-electron chi connectivity index (χ4n) is 2.87. The number of carbonyl (C=O) groups is 1. The van der Waals surface area contributed by atoms with Gasteiger partial charge in [-0.25, -0.2) is 9.37 Å². The highest BCUT2D eigenvalue weighted by atomic mass is 19.1. The van der Waals surface area contributed by atoms with Gasteiger partial charge in [-0.1, -0.05) is 12.1 Å². The molecular weight excluding hydrogens is 361 g/mol. The van der Waals surface area contributed by atoms with Crippen LogP contribution in [0.2, 0.25) is 0 Å². The third kappa shape index (κ3) is 4.16. The molecule has 0 bridgehead atoms. The largest absolute Gasteiger partial charge is 0.475 e. The maximum absolute atomic E-state index is 14.4. The van der Waals surface area contributed by atoms with Gasteiger partial charge in [0.15, 0.2) is 5.82 Å². The van der Waals surface area contributed by atoms with Crippen molar-refractivity contribution >= 4 is 5.91 Å². The first kappa shape index (κ1) is 19.5. The summed E-state index contributed by atoms with van der Waals surface area (Å²) < 4.78 is 20.1. The fraction of sp³-hybridized carbons (Fsp3) is 0.300. The number of para-hydroxylation sites is 1. The Kier molecular flexibility index (Phi) is 5.98. The summed E-state index contributed by atoms with van der Waals surface area (Å²) in [4.78, 5) is 20.1. The molecule has 3 aromatic rings. The molecule has 0 saturated heterocycles. The summed E-state index contributed by atoms with van der Waals surface area (Å²) in [5, 5.41) is 7.93. The number of nitrogens with zero attached hydrogens (tertiary/aromatic N) is 5. The SMILES string of the molecule is CCN(C(=O)c1cccc(F)c1-n1nccn1)[C@@H](C)COc1ccc(C)cn1. The van der Waals surface area contributed by atoms with Crippen LogP contribution in [0.5, 0.6) is 5.88 Å². The smallest absolute Gasteiger partial charge is 0.256 e. The topological polar surface area (TPSA) is 73.1 Å². The van der Waals surface area contributed by atoms with Crippen LogP contribution in [0, 0.1) is 12.7 Å².